The van der Waals surface area contributed by atoms with Crippen molar-refractivity contribution in [2.75, 3.05) is 31.7 Å². The zero-order chi connectivity index (χ0) is 17.9. The SMILES string of the molecule is COc1cccc(C[C@]2(CO)CCCN(c3nc(C)ncc3C)C2)c1. The van der Waals surface area contributed by atoms with E-state index >= 15 is 0 Å². The van der Waals surface area contributed by atoms with Crippen molar-refractivity contribution in [3.8, 4) is 5.75 Å². The Morgan fingerprint density at radius 2 is 2.16 bits per heavy atom. The van der Waals surface area contributed by atoms with Crippen LogP contribution in [0.2, 0.25) is 0 Å². The highest BCUT2D eigenvalue weighted by atomic mass is 16.5. The second-order valence-electron chi connectivity index (χ2n) is 7.14. The number of aliphatic hydroxyl groups excluding tert-OH is 1. The first-order chi connectivity index (χ1) is 12.0. The van der Waals surface area contributed by atoms with Crippen molar-refractivity contribution < 1.29 is 9.84 Å². The first kappa shape index (κ1) is 17.7. The number of aliphatic hydroxyl groups is 1. The van der Waals surface area contributed by atoms with Gasteiger partial charge in [0.15, 0.2) is 0 Å². The van der Waals surface area contributed by atoms with Gasteiger partial charge in [0.05, 0.1) is 13.7 Å². The average Bonchev–Trinajstić information content (AvgIpc) is 2.64. The van der Waals surface area contributed by atoms with Crippen LogP contribution in [0.1, 0.15) is 29.8 Å². The van der Waals surface area contributed by atoms with Crippen LogP contribution < -0.4 is 9.64 Å². The predicted molar refractivity (Wildman–Crippen MR) is 99.2 cm³/mol. The number of anilines is 1. The summed E-state index contributed by atoms with van der Waals surface area (Å²) in [6, 6.07) is 8.14. The molecule has 1 aromatic carbocycles. The lowest BCUT2D eigenvalue weighted by atomic mass is 9.75. The molecule has 0 unspecified atom stereocenters. The largest absolute Gasteiger partial charge is 0.497 e. The fraction of sp³-hybridized carbons (Fsp3) is 0.500. The van der Waals surface area contributed by atoms with Crippen molar-refractivity contribution >= 4 is 5.82 Å². The topological polar surface area (TPSA) is 58.5 Å². The summed E-state index contributed by atoms with van der Waals surface area (Å²) >= 11 is 0. The van der Waals surface area contributed by atoms with Crippen molar-refractivity contribution in [3.05, 3.63) is 47.4 Å². The summed E-state index contributed by atoms with van der Waals surface area (Å²) in [5, 5.41) is 10.2. The monoisotopic (exact) mass is 341 g/mol. The Hall–Kier alpha value is -2.14. The molecule has 2 heterocycles. The molecule has 1 aliphatic rings. The van der Waals surface area contributed by atoms with Crippen LogP contribution >= 0.6 is 0 Å². The maximum Gasteiger partial charge on any atom is 0.135 e. The molecule has 1 saturated heterocycles. The summed E-state index contributed by atoms with van der Waals surface area (Å²) in [6.07, 6.45) is 4.78. The number of aromatic nitrogens is 2. The Bertz CT molecular complexity index is 735. The van der Waals surface area contributed by atoms with Crippen LogP contribution in [-0.4, -0.2) is 41.9 Å². The second-order valence-corrected chi connectivity index (χ2v) is 7.14. The highest BCUT2D eigenvalue weighted by Crippen LogP contribution is 2.36. The zero-order valence-corrected chi connectivity index (χ0v) is 15.3. The van der Waals surface area contributed by atoms with Crippen molar-refractivity contribution in [2.24, 2.45) is 5.41 Å². The minimum atomic E-state index is -0.157. The van der Waals surface area contributed by atoms with Gasteiger partial charge in [-0.2, -0.15) is 0 Å². The Kier molecular flexibility index (Phi) is 5.23. The molecule has 1 atom stereocenters. The van der Waals surface area contributed by atoms with Gasteiger partial charge in [-0.1, -0.05) is 12.1 Å². The smallest absolute Gasteiger partial charge is 0.135 e. The lowest BCUT2D eigenvalue weighted by Crippen LogP contribution is -2.47. The van der Waals surface area contributed by atoms with Gasteiger partial charge in [-0.3, -0.25) is 0 Å². The van der Waals surface area contributed by atoms with Gasteiger partial charge in [-0.05, 0) is 50.8 Å². The molecule has 0 amide bonds. The standard InChI is InChI=1S/C20H27N3O2/c1-15-12-21-16(2)22-19(15)23-9-5-8-20(13-23,14-24)11-17-6-4-7-18(10-17)25-3/h4,6-7,10,12,24H,5,8-9,11,13-14H2,1-3H3/t20-/m1/s1. The van der Waals surface area contributed by atoms with Crippen molar-refractivity contribution in [1.29, 1.82) is 0 Å². The van der Waals surface area contributed by atoms with Crippen LogP contribution in [-0.2, 0) is 6.42 Å². The fourth-order valence-electron chi connectivity index (χ4n) is 3.77. The van der Waals surface area contributed by atoms with E-state index in [0.717, 1.165) is 55.3 Å². The van der Waals surface area contributed by atoms with E-state index in [9.17, 15) is 5.11 Å². The minimum Gasteiger partial charge on any atom is -0.497 e. The van der Waals surface area contributed by atoms with Gasteiger partial charge >= 0.3 is 0 Å². The van der Waals surface area contributed by atoms with Gasteiger partial charge in [0, 0.05) is 30.3 Å². The molecule has 1 N–H and O–H groups in total. The summed E-state index contributed by atoms with van der Waals surface area (Å²) in [4.78, 5) is 11.2. The van der Waals surface area contributed by atoms with E-state index in [1.807, 2.05) is 32.2 Å². The normalized spacial score (nSPS) is 20.6. The molecule has 0 radical (unpaired) electrons. The Labute approximate surface area is 149 Å². The Balaban J connectivity index is 1.84. The molecule has 1 aliphatic heterocycles. The maximum atomic E-state index is 10.2. The number of nitrogens with zero attached hydrogens (tertiary/aromatic N) is 3. The molecule has 1 fully saturated rings. The third kappa shape index (κ3) is 3.93. The van der Waals surface area contributed by atoms with E-state index in [0.29, 0.717) is 0 Å². The van der Waals surface area contributed by atoms with Gasteiger partial charge < -0.3 is 14.7 Å². The molecule has 3 rings (SSSR count). The predicted octanol–water partition coefficient (Wildman–Crippen LogP) is 2.92. The summed E-state index contributed by atoms with van der Waals surface area (Å²) in [7, 11) is 1.68. The van der Waals surface area contributed by atoms with Crippen LogP contribution in [0.5, 0.6) is 5.75 Å². The molecule has 0 spiro atoms. The molecule has 5 heteroatoms. The van der Waals surface area contributed by atoms with Crippen molar-refractivity contribution in [3.63, 3.8) is 0 Å². The van der Waals surface area contributed by atoms with Crippen LogP contribution in [0, 0.1) is 19.3 Å². The van der Waals surface area contributed by atoms with Gasteiger partial charge in [-0.15, -0.1) is 0 Å². The second kappa shape index (κ2) is 7.40. The van der Waals surface area contributed by atoms with Crippen molar-refractivity contribution in [1.82, 2.24) is 9.97 Å². The minimum absolute atomic E-state index is 0.157. The molecular weight excluding hydrogens is 314 g/mol. The van der Waals surface area contributed by atoms with E-state index < -0.39 is 0 Å². The molecule has 2 aromatic rings. The number of rotatable bonds is 5. The number of methoxy groups -OCH3 is 1. The van der Waals surface area contributed by atoms with E-state index in [1.54, 1.807) is 7.11 Å². The van der Waals surface area contributed by atoms with Crippen LogP contribution in [0.25, 0.3) is 0 Å². The Morgan fingerprint density at radius 3 is 2.92 bits per heavy atom. The fourth-order valence-corrected chi connectivity index (χ4v) is 3.77. The van der Waals surface area contributed by atoms with Crippen LogP contribution in [0.15, 0.2) is 30.5 Å². The molecule has 0 saturated carbocycles. The highest BCUT2D eigenvalue weighted by Gasteiger charge is 2.36. The summed E-state index contributed by atoms with van der Waals surface area (Å²) in [5.74, 6) is 2.64. The zero-order valence-electron chi connectivity index (χ0n) is 15.3. The first-order valence-electron chi connectivity index (χ1n) is 8.84. The van der Waals surface area contributed by atoms with Gasteiger partial charge in [0.1, 0.15) is 17.4 Å². The number of aryl methyl sites for hydroxylation is 2. The van der Waals surface area contributed by atoms with Gasteiger partial charge in [-0.25, -0.2) is 9.97 Å². The molecular formula is C20H27N3O2. The first-order valence-corrected chi connectivity index (χ1v) is 8.84. The number of hydrogen-bond donors (Lipinski definition) is 1. The molecule has 0 aliphatic carbocycles. The lowest BCUT2D eigenvalue weighted by Gasteiger charge is -2.43. The number of benzene rings is 1. The summed E-state index contributed by atoms with van der Waals surface area (Å²) in [5.41, 5.74) is 2.13. The lowest BCUT2D eigenvalue weighted by molar-refractivity contribution is 0.105. The van der Waals surface area contributed by atoms with E-state index in [-0.39, 0.29) is 12.0 Å². The average molecular weight is 341 g/mol. The summed E-state index contributed by atoms with van der Waals surface area (Å²) in [6.45, 7) is 5.91. The molecule has 25 heavy (non-hydrogen) atoms. The van der Waals surface area contributed by atoms with Gasteiger partial charge in [0.25, 0.3) is 0 Å². The molecule has 1 aromatic heterocycles. The van der Waals surface area contributed by atoms with Crippen LogP contribution in [0.3, 0.4) is 0 Å². The number of ether oxygens (including phenoxy) is 1. The third-order valence-corrected chi connectivity index (χ3v) is 5.08. The number of hydrogen-bond acceptors (Lipinski definition) is 5. The van der Waals surface area contributed by atoms with Crippen molar-refractivity contribution in [2.45, 2.75) is 33.1 Å². The molecule has 5 nitrogen and oxygen atoms in total. The quantitative estimate of drug-likeness (QED) is 0.906. The molecule has 134 valence electrons. The Morgan fingerprint density at radius 1 is 1.32 bits per heavy atom. The maximum absolute atomic E-state index is 10.2. The third-order valence-electron chi connectivity index (χ3n) is 5.08. The van der Waals surface area contributed by atoms with E-state index in [1.165, 1.54) is 5.56 Å². The van der Waals surface area contributed by atoms with Crippen LogP contribution in [0.4, 0.5) is 5.82 Å². The van der Waals surface area contributed by atoms with Gasteiger partial charge in [0.2, 0.25) is 0 Å². The molecule has 0 bridgehead atoms. The summed E-state index contributed by atoms with van der Waals surface area (Å²) < 4.78 is 5.34. The van der Waals surface area contributed by atoms with E-state index in [4.69, 9.17) is 4.74 Å². The van der Waals surface area contributed by atoms with E-state index in [2.05, 4.69) is 27.0 Å². The number of piperidine rings is 1. The highest BCUT2D eigenvalue weighted by molar-refractivity contribution is 5.46.